The summed E-state index contributed by atoms with van der Waals surface area (Å²) < 4.78 is 0. The number of benzene rings is 1. The summed E-state index contributed by atoms with van der Waals surface area (Å²) in [7, 11) is 1.46. The number of amides is 4. The molecule has 0 heterocycles. The highest BCUT2D eigenvalue weighted by atomic mass is 16.4. The van der Waals surface area contributed by atoms with Gasteiger partial charge in [0, 0.05) is 19.8 Å². The maximum absolute atomic E-state index is 12.8. The van der Waals surface area contributed by atoms with Crippen LogP contribution in [0, 0.1) is 5.92 Å². The fraction of sp³-hybridized carbons (Fsp3) is 0.536. The van der Waals surface area contributed by atoms with Crippen LogP contribution in [0.15, 0.2) is 30.3 Å². The number of nitrogens with one attached hydrogen (secondary N) is 5. The Bertz CT molecular complexity index is 1080. The normalized spacial score (nSPS) is 14.6. The van der Waals surface area contributed by atoms with Gasteiger partial charge >= 0.3 is 11.9 Å². The number of carboxylic acid groups (broad SMARTS) is 2. The van der Waals surface area contributed by atoms with Gasteiger partial charge in [-0.15, -0.1) is 0 Å². The average molecular weight is 610 g/mol. The van der Waals surface area contributed by atoms with Crippen LogP contribution < -0.4 is 26.6 Å². The lowest BCUT2D eigenvalue weighted by Gasteiger charge is -2.24. The van der Waals surface area contributed by atoms with Crippen LogP contribution in [0.3, 0.4) is 0 Å². The molecule has 0 aliphatic rings. The van der Waals surface area contributed by atoms with Crippen LogP contribution in [0.5, 0.6) is 0 Å². The summed E-state index contributed by atoms with van der Waals surface area (Å²) >= 11 is 0. The first kappa shape index (κ1) is 38.6. The monoisotopic (exact) mass is 609 g/mol. The number of likely N-dealkylation sites (N-methyl/N-ethyl adjacent to an activating group) is 1. The summed E-state index contributed by atoms with van der Waals surface area (Å²) in [5.41, 5.74) is 0.653. The SMILES string of the molecule is CC[C@H](C)C(C=O)NC(C)=O.CNC(CCC(=O)O)C(=O)NC(Cc1ccccc1)C(=O)NC(C(=O)O)C(=O)NC(C)O. The highest BCUT2D eigenvalue weighted by molar-refractivity contribution is 6.05. The number of hydrogen-bond donors (Lipinski definition) is 8. The van der Waals surface area contributed by atoms with Gasteiger partial charge < -0.3 is 46.7 Å². The van der Waals surface area contributed by atoms with E-state index in [0.29, 0.717) is 5.56 Å². The van der Waals surface area contributed by atoms with Crippen molar-refractivity contribution in [2.75, 3.05) is 7.05 Å². The maximum Gasteiger partial charge on any atom is 0.336 e. The van der Waals surface area contributed by atoms with E-state index < -0.39 is 54.0 Å². The minimum Gasteiger partial charge on any atom is -0.481 e. The zero-order chi connectivity index (χ0) is 33.1. The molecule has 0 aliphatic carbocycles. The van der Waals surface area contributed by atoms with Crippen molar-refractivity contribution in [2.24, 2.45) is 5.92 Å². The van der Waals surface area contributed by atoms with Crippen molar-refractivity contribution < 1.29 is 48.9 Å². The zero-order valence-electron chi connectivity index (χ0n) is 25.0. The van der Waals surface area contributed by atoms with E-state index >= 15 is 0 Å². The maximum atomic E-state index is 12.8. The number of carboxylic acids is 2. The third-order valence-electron chi connectivity index (χ3n) is 6.15. The molecule has 0 aromatic heterocycles. The topological polar surface area (TPSA) is 240 Å². The minimum absolute atomic E-state index is 0.0157. The molecule has 4 amide bonds. The third kappa shape index (κ3) is 16.0. The summed E-state index contributed by atoms with van der Waals surface area (Å²) in [4.78, 5) is 80.7. The number of hydrogen-bond acceptors (Lipinski definition) is 9. The Hall–Kier alpha value is -4.37. The summed E-state index contributed by atoms with van der Waals surface area (Å²) in [5.74, 6) is -5.42. The summed E-state index contributed by atoms with van der Waals surface area (Å²) in [6, 6.07) is 4.08. The quantitative estimate of drug-likeness (QED) is 0.0600. The highest BCUT2D eigenvalue weighted by Crippen LogP contribution is 2.07. The van der Waals surface area contributed by atoms with Gasteiger partial charge in [-0.25, -0.2) is 4.79 Å². The Morgan fingerprint density at radius 2 is 1.44 bits per heavy atom. The van der Waals surface area contributed by atoms with Crippen molar-refractivity contribution in [1.82, 2.24) is 26.6 Å². The van der Waals surface area contributed by atoms with Gasteiger partial charge in [-0.2, -0.15) is 0 Å². The van der Waals surface area contributed by atoms with Gasteiger partial charge in [-0.05, 0) is 31.9 Å². The largest absolute Gasteiger partial charge is 0.481 e. The molecule has 43 heavy (non-hydrogen) atoms. The second kappa shape index (κ2) is 20.5. The van der Waals surface area contributed by atoms with Crippen LogP contribution in [0.4, 0.5) is 0 Å². The molecule has 0 saturated carbocycles. The van der Waals surface area contributed by atoms with Crippen LogP contribution in [-0.4, -0.2) is 94.6 Å². The molecule has 0 spiro atoms. The predicted molar refractivity (Wildman–Crippen MR) is 154 cm³/mol. The molecule has 0 bridgehead atoms. The standard InChI is InChI=1S/C20H28N4O8.C8H15NO2/c1-11(25)22-19(30)16(20(31)32)24-18(29)14(10-12-6-4-3-5-7-12)23-17(28)13(21-2)8-9-15(26)27;1-4-6(2)8(5-10)9-7(3)11/h3-7,11,13-14,16,21,25H,8-10H2,1-2H3,(H,22,30)(H,23,28)(H,24,29)(H,26,27)(H,31,32);5-6,8H,4H2,1-3H3,(H,9,11)/t;6-,8?/m.0/s1. The van der Waals surface area contributed by atoms with Crippen molar-refractivity contribution in [2.45, 2.75) is 83.8 Å². The highest BCUT2D eigenvalue weighted by Gasteiger charge is 2.33. The van der Waals surface area contributed by atoms with Crippen molar-refractivity contribution in [3.8, 4) is 0 Å². The van der Waals surface area contributed by atoms with Crippen LogP contribution >= 0.6 is 0 Å². The summed E-state index contributed by atoms with van der Waals surface area (Å²) in [6.45, 7) is 6.54. The van der Waals surface area contributed by atoms with Crippen molar-refractivity contribution in [3.05, 3.63) is 35.9 Å². The fourth-order valence-electron chi connectivity index (χ4n) is 3.58. The molecular weight excluding hydrogens is 566 g/mol. The molecule has 8 N–H and O–H groups in total. The molecule has 1 rings (SSSR count). The molecule has 0 saturated heterocycles. The van der Waals surface area contributed by atoms with Gasteiger partial charge in [-0.1, -0.05) is 50.6 Å². The van der Waals surface area contributed by atoms with E-state index in [2.05, 4.69) is 21.3 Å². The molecule has 0 radical (unpaired) electrons. The van der Waals surface area contributed by atoms with Gasteiger partial charge in [0.15, 0.2) is 0 Å². The molecule has 15 nitrogen and oxygen atoms in total. The van der Waals surface area contributed by atoms with Crippen molar-refractivity contribution in [1.29, 1.82) is 0 Å². The zero-order valence-corrected chi connectivity index (χ0v) is 25.0. The van der Waals surface area contributed by atoms with Crippen LogP contribution in [0.25, 0.3) is 0 Å². The Labute approximate surface area is 250 Å². The van der Waals surface area contributed by atoms with E-state index in [9.17, 15) is 43.8 Å². The molecule has 0 fully saturated rings. The lowest BCUT2D eigenvalue weighted by molar-refractivity contribution is -0.147. The molecule has 5 unspecified atom stereocenters. The first-order chi connectivity index (χ1) is 20.2. The summed E-state index contributed by atoms with van der Waals surface area (Å²) in [5, 5.41) is 39.2. The fourth-order valence-corrected chi connectivity index (χ4v) is 3.58. The number of aliphatic carboxylic acids is 2. The van der Waals surface area contributed by atoms with Crippen molar-refractivity contribution in [3.63, 3.8) is 0 Å². The number of carbonyl (C=O) groups is 7. The molecule has 1 aromatic carbocycles. The lowest BCUT2D eigenvalue weighted by atomic mass is 10.0. The van der Waals surface area contributed by atoms with E-state index in [0.717, 1.165) is 12.7 Å². The second-order valence-corrected chi connectivity index (χ2v) is 9.74. The first-order valence-electron chi connectivity index (χ1n) is 13.6. The van der Waals surface area contributed by atoms with E-state index in [1.54, 1.807) is 30.3 Å². The number of aliphatic hydroxyl groups excluding tert-OH is 1. The Kier molecular flexibility index (Phi) is 18.4. The first-order valence-corrected chi connectivity index (χ1v) is 13.6. The number of rotatable bonds is 17. The van der Waals surface area contributed by atoms with Crippen molar-refractivity contribution >= 4 is 41.9 Å². The third-order valence-corrected chi connectivity index (χ3v) is 6.15. The van der Waals surface area contributed by atoms with Crippen LogP contribution in [0.1, 0.15) is 52.5 Å². The predicted octanol–water partition coefficient (Wildman–Crippen LogP) is -1.07. The van der Waals surface area contributed by atoms with Gasteiger partial charge in [0.1, 0.15) is 18.6 Å². The molecule has 0 aliphatic heterocycles. The van der Waals surface area contributed by atoms with E-state index in [1.807, 2.05) is 19.2 Å². The lowest BCUT2D eigenvalue weighted by Crippen LogP contribution is -2.59. The van der Waals surface area contributed by atoms with Gasteiger partial charge in [-0.3, -0.25) is 24.0 Å². The number of aliphatic hydroxyl groups is 1. The summed E-state index contributed by atoms with van der Waals surface area (Å²) in [6.07, 6.45) is 0.00457. The van der Waals surface area contributed by atoms with Crippen LogP contribution in [0.2, 0.25) is 0 Å². The number of aldehydes is 1. The average Bonchev–Trinajstić information content (AvgIpc) is 2.94. The second-order valence-electron chi connectivity index (χ2n) is 9.74. The van der Waals surface area contributed by atoms with Crippen LogP contribution in [-0.2, 0) is 40.0 Å². The Balaban J connectivity index is 0.00000135. The molecular formula is C28H43N5O10. The Morgan fingerprint density at radius 1 is 0.860 bits per heavy atom. The van der Waals surface area contributed by atoms with E-state index in [1.165, 1.54) is 20.9 Å². The number of carbonyl (C=O) groups excluding carboxylic acids is 5. The van der Waals surface area contributed by atoms with Gasteiger partial charge in [0.2, 0.25) is 23.8 Å². The Morgan fingerprint density at radius 3 is 1.88 bits per heavy atom. The van der Waals surface area contributed by atoms with E-state index in [4.69, 9.17) is 5.11 Å². The smallest absolute Gasteiger partial charge is 0.336 e. The minimum atomic E-state index is -2.00. The van der Waals surface area contributed by atoms with Gasteiger partial charge in [0.25, 0.3) is 5.91 Å². The molecule has 15 heteroatoms. The molecule has 6 atom stereocenters. The molecule has 240 valence electrons. The van der Waals surface area contributed by atoms with Gasteiger partial charge in [0.05, 0.1) is 12.1 Å². The van der Waals surface area contributed by atoms with E-state index in [-0.39, 0.29) is 37.1 Å². The molecule has 1 aromatic rings.